The van der Waals surface area contributed by atoms with Crippen LogP contribution in [0.2, 0.25) is 5.02 Å². The van der Waals surface area contributed by atoms with Gasteiger partial charge in [0.15, 0.2) is 10.8 Å². The molecule has 0 aliphatic carbocycles. The lowest BCUT2D eigenvalue weighted by molar-refractivity contribution is 0.414. The van der Waals surface area contributed by atoms with Crippen LogP contribution in [0.4, 0.5) is 0 Å². The van der Waals surface area contributed by atoms with Gasteiger partial charge in [0.2, 0.25) is 0 Å². The molecule has 0 fully saturated rings. The topological polar surface area (TPSA) is 66.9 Å². The molecular weight excluding hydrogens is 260 g/mol. The molecular formula is C11H7ClN2O2S. The lowest BCUT2D eigenvalue weighted by atomic mass is 10.1. The fourth-order valence-corrected chi connectivity index (χ4v) is 2.06. The van der Waals surface area contributed by atoms with Gasteiger partial charge in [0.1, 0.15) is 11.6 Å². The molecule has 1 aromatic heterocycles. The molecule has 0 unspecified atom stereocenters. The van der Waals surface area contributed by atoms with Crippen molar-refractivity contribution in [1.29, 1.82) is 5.26 Å². The van der Waals surface area contributed by atoms with Crippen molar-refractivity contribution in [1.82, 2.24) is 5.16 Å². The summed E-state index contributed by atoms with van der Waals surface area (Å²) >= 11 is 5.77. The first-order chi connectivity index (χ1) is 8.13. The highest BCUT2D eigenvalue weighted by molar-refractivity contribution is 7.84. The normalized spacial score (nSPS) is 12.1. The maximum Gasteiger partial charge on any atom is 0.188 e. The summed E-state index contributed by atoms with van der Waals surface area (Å²) in [5.74, 6) is 0.314. The Morgan fingerprint density at radius 2 is 2.06 bits per heavy atom. The molecule has 1 heterocycles. The largest absolute Gasteiger partial charge is 0.354 e. The van der Waals surface area contributed by atoms with Gasteiger partial charge < -0.3 is 4.52 Å². The summed E-state index contributed by atoms with van der Waals surface area (Å²) in [6.45, 7) is 0. The number of nitrogens with zero attached hydrogens (tertiary/aromatic N) is 2. The predicted octanol–water partition coefficient (Wildman–Crippen LogP) is 2.60. The van der Waals surface area contributed by atoms with E-state index in [0.29, 0.717) is 16.3 Å². The highest BCUT2D eigenvalue weighted by Crippen LogP contribution is 2.28. The smallest absolute Gasteiger partial charge is 0.188 e. The molecule has 17 heavy (non-hydrogen) atoms. The number of aromatic nitrogens is 1. The number of hydrogen-bond acceptors (Lipinski definition) is 4. The first-order valence-electron chi connectivity index (χ1n) is 4.62. The second-order valence-electron chi connectivity index (χ2n) is 3.26. The summed E-state index contributed by atoms with van der Waals surface area (Å²) in [5, 5.41) is 13.5. The fraction of sp³-hybridized carbons (Fsp3) is 0.0909. The van der Waals surface area contributed by atoms with Crippen LogP contribution in [0.5, 0.6) is 0 Å². The lowest BCUT2D eigenvalue weighted by Crippen LogP contribution is -1.90. The van der Waals surface area contributed by atoms with Crippen LogP contribution in [0.1, 0.15) is 5.56 Å². The highest BCUT2D eigenvalue weighted by atomic mass is 35.5. The van der Waals surface area contributed by atoms with E-state index in [4.69, 9.17) is 21.4 Å². The summed E-state index contributed by atoms with van der Waals surface area (Å²) in [6.07, 6.45) is 1.45. The van der Waals surface area contributed by atoms with Crippen molar-refractivity contribution >= 4 is 22.4 Å². The molecule has 0 saturated carbocycles. The van der Waals surface area contributed by atoms with Gasteiger partial charge in [-0.15, -0.1) is 0 Å². The number of halogens is 1. The minimum absolute atomic E-state index is 0.164. The van der Waals surface area contributed by atoms with Crippen LogP contribution in [-0.2, 0) is 10.8 Å². The van der Waals surface area contributed by atoms with Gasteiger partial charge in [-0.05, 0) is 24.3 Å². The molecule has 0 spiro atoms. The molecule has 0 aliphatic rings. The average Bonchev–Trinajstić information content (AvgIpc) is 2.73. The fourth-order valence-electron chi connectivity index (χ4n) is 1.37. The zero-order valence-electron chi connectivity index (χ0n) is 8.81. The second-order valence-corrected chi connectivity index (χ2v) is 5.00. The van der Waals surface area contributed by atoms with Crippen molar-refractivity contribution in [3.63, 3.8) is 0 Å². The molecule has 1 atom stereocenters. The molecule has 1 aromatic carbocycles. The van der Waals surface area contributed by atoms with Crippen LogP contribution in [0, 0.1) is 11.3 Å². The van der Waals surface area contributed by atoms with Crippen molar-refractivity contribution in [2.24, 2.45) is 0 Å². The van der Waals surface area contributed by atoms with E-state index in [1.807, 2.05) is 6.07 Å². The van der Waals surface area contributed by atoms with Gasteiger partial charge >= 0.3 is 0 Å². The molecule has 0 N–H and O–H groups in total. The van der Waals surface area contributed by atoms with Crippen molar-refractivity contribution in [3.05, 3.63) is 34.9 Å². The molecule has 0 radical (unpaired) electrons. The molecule has 86 valence electrons. The van der Waals surface area contributed by atoms with Crippen LogP contribution in [0.3, 0.4) is 0 Å². The van der Waals surface area contributed by atoms with Crippen LogP contribution in [-0.4, -0.2) is 15.6 Å². The van der Waals surface area contributed by atoms with Crippen molar-refractivity contribution in [2.75, 3.05) is 6.26 Å². The molecule has 2 rings (SSSR count). The first kappa shape index (κ1) is 11.8. The Morgan fingerprint density at radius 1 is 1.41 bits per heavy atom. The second kappa shape index (κ2) is 4.70. The Labute approximate surface area is 105 Å². The Morgan fingerprint density at radius 3 is 2.59 bits per heavy atom. The molecule has 2 aromatic rings. The predicted molar refractivity (Wildman–Crippen MR) is 64.0 cm³/mol. The number of hydrogen-bond donors (Lipinski definition) is 0. The maximum absolute atomic E-state index is 11.3. The molecule has 0 bridgehead atoms. The highest BCUT2D eigenvalue weighted by Gasteiger charge is 2.19. The summed E-state index contributed by atoms with van der Waals surface area (Å²) in [5.41, 5.74) is 0.878. The van der Waals surface area contributed by atoms with E-state index < -0.39 is 10.8 Å². The minimum atomic E-state index is -1.35. The van der Waals surface area contributed by atoms with Gasteiger partial charge in [-0.3, -0.25) is 4.21 Å². The van der Waals surface area contributed by atoms with Crippen LogP contribution < -0.4 is 0 Å². The van der Waals surface area contributed by atoms with E-state index in [0.717, 1.165) is 0 Å². The van der Waals surface area contributed by atoms with E-state index in [9.17, 15) is 4.21 Å². The van der Waals surface area contributed by atoms with Crippen molar-refractivity contribution < 1.29 is 8.73 Å². The molecule has 4 nitrogen and oxygen atoms in total. The number of rotatable bonds is 2. The summed E-state index contributed by atoms with van der Waals surface area (Å²) in [7, 11) is -1.35. The van der Waals surface area contributed by atoms with E-state index in [-0.39, 0.29) is 10.6 Å². The van der Waals surface area contributed by atoms with Gasteiger partial charge in [-0.1, -0.05) is 16.8 Å². The monoisotopic (exact) mass is 266 g/mol. The van der Waals surface area contributed by atoms with Gasteiger partial charge in [0, 0.05) is 16.8 Å². The summed E-state index contributed by atoms with van der Waals surface area (Å²) in [4.78, 5) is 0. The van der Waals surface area contributed by atoms with Gasteiger partial charge in [0.25, 0.3) is 0 Å². The molecule has 6 heteroatoms. The summed E-state index contributed by atoms with van der Waals surface area (Å²) in [6, 6.07) is 8.75. The third-order valence-corrected chi connectivity index (χ3v) is 3.23. The average molecular weight is 267 g/mol. The van der Waals surface area contributed by atoms with E-state index >= 15 is 0 Å². The van der Waals surface area contributed by atoms with Gasteiger partial charge in [-0.2, -0.15) is 5.26 Å². The molecule has 0 aliphatic heterocycles. The standard InChI is InChI=1S/C11H7ClN2O2S/c1-17(15)11-9(6-13)10(16-14-11)7-2-4-8(12)5-3-7/h2-5H,1H3/t17-/m1/s1. The van der Waals surface area contributed by atoms with Gasteiger partial charge in [0.05, 0.1) is 10.8 Å². The summed E-state index contributed by atoms with van der Waals surface area (Å²) < 4.78 is 16.4. The SMILES string of the molecule is C[S@@](=O)c1noc(-c2ccc(Cl)cc2)c1C#N. The van der Waals surface area contributed by atoms with Crippen LogP contribution in [0.25, 0.3) is 11.3 Å². The number of nitriles is 1. The lowest BCUT2D eigenvalue weighted by Gasteiger charge is -1.96. The quantitative estimate of drug-likeness (QED) is 0.838. The maximum atomic E-state index is 11.3. The number of benzene rings is 1. The van der Waals surface area contributed by atoms with E-state index in [1.54, 1.807) is 24.3 Å². The van der Waals surface area contributed by atoms with Crippen LogP contribution >= 0.6 is 11.6 Å². The van der Waals surface area contributed by atoms with E-state index in [1.165, 1.54) is 6.26 Å². The third-order valence-electron chi connectivity index (χ3n) is 2.15. The minimum Gasteiger partial charge on any atom is -0.354 e. The Balaban J connectivity index is 2.57. The van der Waals surface area contributed by atoms with Gasteiger partial charge in [-0.25, -0.2) is 0 Å². The Kier molecular flexibility index (Phi) is 3.27. The zero-order chi connectivity index (χ0) is 12.4. The van der Waals surface area contributed by atoms with Crippen molar-refractivity contribution in [3.8, 4) is 17.4 Å². The molecule has 0 amide bonds. The first-order valence-corrected chi connectivity index (χ1v) is 6.56. The Hall–Kier alpha value is -1.64. The zero-order valence-corrected chi connectivity index (χ0v) is 10.4. The van der Waals surface area contributed by atoms with Crippen LogP contribution in [0.15, 0.2) is 33.8 Å². The molecule has 0 saturated heterocycles. The van der Waals surface area contributed by atoms with E-state index in [2.05, 4.69) is 5.16 Å². The third kappa shape index (κ3) is 2.23. The van der Waals surface area contributed by atoms with Crippen molar-refractivity contribution in [2.45, 2.75) is 5.03 Å². The Bertz CT molecular complexity index is 613.